The Morgan fingerprint density at radius 3 is 2.52 bits per heavy atom. The Morgan fingerprint density at radius 2 is 1.79 bits per heavy atom. The lowest BCUT2D eigenvalue weighted by atomic mass is 9.68. The number of H-pyrrole nitrogens is 1. The Hall–Kier alpha value is -2.78. The van der Waals surface area contributed by atoms with Gasteiger partial charge in [0, 0.05) is 28.4 Å². The molecule has 2 amide bonds. The van der Waals surface area contributed by atoms with Crippen LogP contribution in [0.4, 0.5) is 10.1 Å². The van der Waals surface area contributed by atoms with Crippen molar-refractivity contribution in [2.24, 2.45) is 29.6 Å². The van der Waals surface area contributed by atoms with Crippen LogP contribution in [0, 0.1) is 35.4 Å². The highest BCUT2D eigenvalue weighted by Crippen LogP contribution is 2.68. The average Bonchev–Trinajstić information content (AvgIpc) is 3.54. The number of halogens is 1. The van der Waals surface area contributed by atoms with Crippen LogP contribution in [0.3, 0.4) is 0 Å². The Morgan fingerprint density at radius 1 is 1.03 bits per heavy atom. The van der Waals surface area contributed by atoms with E-state index in [9.17, 15) is 18.8 Å². The van der Waals surface area contributed by atoms with E-state index in [-0.39, 0.29) is 57.4 Å². The molecular formula is C24H18FN3O3S2. The minimum Gasteiger partial charge on any atom is -0.307 e. The van der Waals surface area contributed by atoms with Crippen LogP contribution in [0.25, 0.3) is 0 Å². The van der Waals surface area contributed by atoms with Gasteiger partial charge in [-0.1, -0.05) is 17.4 Å². The molecule has 166 valence electrons. The molecule has 4 heterocycles. The van der Waals surface area contributed by atoms with Gasteiger partial charge in [-0.15, -0.1) is 11.8 Å². The smallest absolute Gasteiger partial charge is 0.305 e. The number of fused-ring (bicyclic) bond motifs is 9. The van der Waals surface area contributed by atoms with Crippen molar-refractivity contribution in [3.8, 4) is 0 Å². The monoisotopic (exact) mass is 479 g/mol. The van der Waals surface area contributed by atoms with Crippen LogP contribution >= 0.6 is 23.1 Å². The molecule has 3 aromatic rings. The number of hydrogen-bond acceptors (Lipinski definition) is 6. The predicted octanol–water partition coefficient (Wildman–Crippen LogP) is 3.65. The largest absolute Gasteiger partial charge is 0.307 e. The lowest BCUT2D eigenvalue weighted by Gasteiger charge is -2.42. The highest BCUT2D eigenvalue weighted by molar-refractivity contribution is 8.00. The van der Waals surface area contributed by atoms with Gasteiger partial charge in [0.25, 0.3) is 0 Å². The number of hydrogen-bond donors (Lipinski definition) is 1. The van der Waals surface area contributed by atoms with Gasteiger partial charge < -0.3 is 4.98 Å². The molecular weight excluding hydrogens is 461 g/mol. The first-order valence-corrected chi connectivity index (χ1v) is 12.7. The first kappa shape index (κ1) is 19.7. The lowest BCUT2D eigenvalue weighted by Crippen LogP contribution is -2.42. The van der Waals surface area contributed by atoms with Gasteiger partial charge in [0.1, 0.15) is 5.82 Å². The summed E-state index contributed by atoms with van der Waals surface area (Å²) in [6, 6.07) is 9.49. The molecule has 2 aliphatic heterocycles. The fourth-order valence-corrected chi connectivity index (χ4v) is 9.68. The number of nitrogens with zero attached hydrogens (tertiary/aromatic N) is 2. The van der Waals surface area contributed by atoms with Crippen molar-refractivity contribution in [1.29, 1.82) is 0 Å². The van der Waals surface area contributed by atoms with E-state index in [1.807, 2.05) is 18.3 Å². The molecule has 33 heavy (non-hydrogen) atoms. The number of carbonyl (C=O) groups is 2. The summed E-state index contributed by atoms with van der Waals surface area (Å²) in [7, 11) is 0. The van der Waals surface area contributed by atoms with Gasteiger partial charge in [-0.05, 0) is 60.1 Å². The second kappa shape index (κ2) is 6.87. The molecule has 2 saturated carbocycles. The first-order valence-electron chi connectivity index (χ1n) is 11.0. The van der Waals surface area contributed by atoms with Crippen LogP contribution in [-0.2, 0) is 9.59 Å². The number of aromatic amines is 1. The van der Waals surface area contributed by atoms with Crippen LogP contribution in [0.5, 0.6) is 0 Å². The Kier molecular flexibility index (Phi) is 4.09. The van der Waals surface area contributed by atoms with Crippen LogP contribution < -0.4 is 9.77 Å². The van der Waals surface area contributed by atoms with Crippen molar-refractivity contribution in [2.75, 3.05) is 4.90 Å². The summed E-state index contributed by atoms with van der Waals surface area (Å²) >= 11 is 2.90. The molecule has 3 fully saturated rings. The number of aromatic nitrogens is 2. The van der Waals surface area contributed by atoms with Crippen molar-refractivity contribution in [2.45, 2.75) is 22.6 Å². The Labute approximate surface area is 196 Å². The summed E-state index contributed by atoms with van der Waals surface area (Å²) in [6.45, 7) is 0. The molecule has 2 aromatic heterocycles. The summed E-state index contributed by atoms with van der Waals surface area (Å²) in [5.41, 5.74) is 1.48. The second-order valence-corrected chi connectivity index (χ2v) is 11.4. The van der Waals surface area contributed by atoms with Crippen molar-refractivity contribution >= 4 is 40.6 Å². The molecule has 2 bridgehead atoms. The van der Waals surface area contributed by atoms with Crippen LogP contribution in [0.15, 0.2) is 58.6 Å². The van der Waals surface area contributed by atoms with Gasteiger partial charge in [-0.2, -0.15) is 0 Å². The van der Waals surface area contributed by atoms with Crippen molar-refractivity contribution in [3.05, 3.63) is 74.7 Å². The summed E-state index contributed by atoms with van der Waals surface area (Å²) in [4.78, 5) is 48.8. The number of pyridine rings is 1. The highest BCUT2D eigenvalue weighted by atomic mass is 32.2. The van der Waals surface area contributed by atoms with E-state index in [0.29, 0.717) is 5.69 Å². The number of thiazole rings is 1. The van der Waals surface area contributed by atoms with Crippen molar-refractivity contribution in [3.63, 3.8) is 0 Å². The highest BCUT2D eigenvalue weighted by Gasteiger charge is 2.69. The Bertz CT molecular complexity index is 1360. The topological polar surface area (TPSA) is 83.1 Å². The molecule has 0 spiro atoms. The van der Waals surface area contributed by atoms with E-state index in [0.717, 1.165) is 21.9 Å². The molecule has 2 aliphatic carbocycles. The maximum absolute atomic E-state index is 13.6. The maximum Gasteiger partial charge on any atom is 0.305 e. The van der Waals surface area contributed by atoms with Crippen LogP contribution in [0.1, 0.15) is 22.8 Å². The zero-order chi connectivity index (χ0) is 22.4. The predicted molar refractivity (Wildman–Crippen MR) is 122 cm³/mol. The number of rotatable bonds is 2. The molecule has 7 rings (SSSR count). The number of imide groups is 1. The Balaban J connectivity index is 1.33. The number of nitrogens with one attached hydrogen (secondary N) is 1. The van der Waals surface area contributed by atoms with Gasteiger partial charge in [0.15, 0.2) is 0 Å². The van der Waals surface area contributed by atoms with E-state index in [1.54, 1.807) is 18.0 Å². The first-order chi connectivity index (χ1) is 16.0. The van der Waals surface area contributed by atoms with E-state index in [2.05, 4.69) is 9.97 Å². The van der Waals surface area contributed by atoms with Gasteiger partial charge in [0.2, 0.25) is 11.8 Å². The number of thioether (sulfide) groups is 1. The van der Waals surface area contributed by atoms with Gasteiger partial charge in [-0.3, -0.25) is 24.3 Å². The summed E-state index contributed by atoms with van der Waals surface area (Å²) in [6.07, 6.45) is 4.42. The molecule has 0 unspecified atom stereocenters. The van der Waals surface area contributed by atoms with Crippen molar-refractivity contribution in [1.82, 2.24) is 9.97 Å². The van der Waals surface area contributed by atoms with Crippen LogP contribution in [-0.4, -0.2) is 27.0 Å². The maximum atomic E-state index is 13.6. The second-order valence-electron chi connectivity index (χ2n) is 9.24. The quantitative estimate of drug-likeness (QED) is 0.568. The minimum atomic E-state index is -0.403. The third-order valence-corrected chi connectivity index (χ3v) is 10.4. The van der Waals surface area contributed by atoms with E-state index < -0.39 is 5.82 Å². The molecule has 6 nitrogen and oxygen atoms in total. The number of anilines is 1. The zero-order valence-corrected chi connectivity index (χ0v) is 18.8. The fraction of sp³-hybridized carbons (Fsp3) is 0.333. The fourth-order valence-electron chi connectivity index (χ4n) is 6.79. The van der Waals surface area contributed by atoms with Gasteiger partial charge in [-0.25, -0.2) is 4.39 Å². The van der Waals surface area contributed by atoms with E-state index >= 15 is 0 Å². The summed E-state index contributed by atoms with van der Waals surface area (Å²) < 4.78 is 13.4. The molecule has 9 heteroatoms. The summed E-state index contributed by atoms with van der Waals surface area (Å²) in [5, 5.41) is 1.03. The normalized spacial score (nSPS) is 33.8. The molecule has 1 N–H and O–H groups in total. The SMILES string of the molecule is O=C1[C@@H]2[C@H]3C[C@@H]([C@@H]2C(=O)N1c1ccc(F)cc1)[C@@H]1[C@H](c2cccnc2)c2sc(=O)[nH]c2S[C@H]31. The van der Waals surface area contributed by atoms with Gasteiger partial charge >= 0.3 is 4.87 Å². The van der Waals surface area contributed by atoms with Crippen LogP contribution in [0.2, 0.25) is 0 Å². The number of benzene rings is 1. The van der Waals surface area contributed by atoms with E-state index in [1.165, 1.54) is 40.5 Å². The lowest BCUT2D eigenvalue weighted by molar-refractivity contribution is -0.123. The number of carbonyl (C=O) groups excluding carboxylic acids is 2. The van der Waals surface area contributed by atoms with Crippen molar-refractivity contribution < 1.29 is 14.0 Å². The molecule has 1 saturated heterocycles. The molecule has 1 aromatic carbocycles. The molecule has 7 atom stereocenters. The average molecular weight is 480 g/mol. The van der Waals surface area contributed by atoms with Gasteiger partial charge in [0.05, 0.1) is 22.5 Å². The summed E-state index contributed by atoms with van der Waals surface area (Å²) in [5.74, 6) is -1.25. The molecule has 4 aliphatic rings. The van der Waals surface area contributed by atoms with E-state index in [4.69, 9.17) is 0 Å². The molecule has 0 radical (unpaired) electrons. The number of amides is 2. The zero-order valence-electron chi connectivity index (χ0n) is 17.2. The third kappa shape index (κ3) is 2.60. The third-order valence-electron chi connectivity index (χ3n) is 7.85. The standard InChI is InChI=1S/C24H18FN3O3S2/c25-11-3-5-12(6-4-11)28-22(29)17-13-8-14(18(17)23(28)30)19-16(13)15(10-2-1-7-26-9-10)20-21(32-19)27-24(31)33-20/h1-7,9,13-19H,8H2,(H,27,31)/t13-,14-,15+,16-,17+,18-,19-/m1/s1. The minimum absolute atomic E-state index is 0.0253.